The molecule has 0 amide bonds. The summed E-state index contributed by atoms with van der Waals surface area (Å²) in [5, 5.41) is 4.17. The fraction of sp³-hybridized carbons (Fsp3) is 0.643. The van der Waals surface area contributed by atoms with Crippen molar-refractivity contribution in [3.05, 3.63) is 24.2 Å². The summed E-state index contributed by atoms with van der Waals surface area (Å²) in [5.41, 5.74) is 0. The average Bonchev–Trinajstić information content (AvgIpc) is 3.05. The Labute approximate surface area is 134 Å². The smallest absolute Gasteiger partial charge is 0.260 e. The van der Waals surface area contributed by atoms with Gasteiger partial charge in [-0.05, 0) is 31.6 Å². The third-order valence-corrected chi connectivity index (χ3v) is 6.25. The minimum atomic E-state index is -3.49. The zero-order valence-electron chi connectivity index (χ0n) is 12.7. The van der Waals surface area contributed by atoms with Crippen LogP contribution in [0.15, 0.2) is 22.1 Å². The van der Waals surface area contributed by atoms with Crippen LogP contribution >= 0.6 is 0 Å². The van der Waals surface area contributed by atoms with E-state index in [4.69, 9.17) is 4.52 Å². The van der Waals surface area contributed by atoms with Crippen molar-refractivity contribution >= 4 is 10.0 Å². The molecule has 2 fully saturated rings. The van der Waals surface area contributed by atoms with Crippen molar-refractivity contribution in [3.8, 4) is 0 Å². The second-order valence-corrected chi connectivity index (χ2v) is 8.22. The van der Waals surface area contributed by atoms with Crippen molar-refractivity contribution in [1.82, 2.24) is 24.4 Å². The van der Waals surface area contributed by atoms with Crippen LogP contribution in [0.3, 0.4) is 0 Å². The fourth-order valence-corrected chi connectivity index (χ4v) is 4.49. The quantitative estimate of drug-likeness (QED) is 0.882. The van der Waals surface area contributed by atoms with Gasteiger partial charge in [0.05, 0.1) is 12.5 Å². The molecule has 0 radical (unpaired) electrons. The number of nitrogens with zero attached hydrogens (tertiary/aromatic N) is 4. The van der Waals surface area contributed by atoms with Crippen molar-refractivity contribution in [1.29, 1.82) is 0 Å². The van der Waals surface area contributed by atoms with Gasteiger partial charge in [-0.25, -0.2) is 13.4 Å². The highest BCUT2D eigenvalue weighted by Crippen LogP contribution is 2.38. The van der Waals surface area contributed by atoms with Gasteiger partial charge in [-0.1, -0.05) is 5.16 Å². The Morgan fingerprint density at radius 3 is 2.96 bits per heavy atom. The highest BCUT2D eigenvalue weighted by atomic mass is 32.2. The summed E-state index contributed by atoms with van der Waals surface area (Å²) in [7, 11) is -3.49. The molecule has 8 nitrogen and oxygen atoms in total. The monoisotopic (exact) mass is 337 g/mol. The number of imidazole rings is 1. The summed E-state index contributed by atoms with van der Waals surface area (Å²) in [6.07, 6.45) is 7.44. The largest absolute Gasteiger partial charge is 0.339 e. The topological polar surface area (TPSA) is 105 Å². The fourth-order valence-electron chi connectivity index (χ4n) is 3.04. The predicted molar refractivity (Wildman–Crippen MR) is 80.0 cm³/mol. The van der Waals surface area contributed by atoms with E-state index in [0.717, 1.165) is 31.5 Å². The van der Waals surface area contributed by atoms with Gasteiger partial charge < -0.3 is 9.51 Å². The van der Waals surface area contributed by atoms with Crippen LogP contribution in [0.25, 0.3) is 0 Å². The number of hydrogen-bond donors (Lipinski definition) is 1. The first-order valence-electron chi connectivity index (χ1n) is 7.94. The number of piperidine rings is 1. The Balaban J connectivity index is 1.44. The zero-order valence-corrected chi connectivity index (χ0v) is 13.5. The Morgan fingerprint density at radius 1 is 1.35 bits per heavy atom. The number of rotatable bonds is 5. The maximum atomic E-state index is 12.6. The molecule has 124 valence electrons. The third kappa shape index (κ3) is 3.02. The van der Waals surface area contributed by atoms with Crippen LogP contribution in [0.2, 0.25) is 0 Å². The van der Waals surface area contributed by atoms with Gasteiger partial charge in [0.15, 0.2) is 10.9 Å². The normalized spacial score (nSPS) is 23.2. The van der Waals surface area contributed by atoms with E-state index < -0.39 is 10.0 Å². The number of sulfonamides is 1. The van der Waals surface area contributed by atoms with Gasteiger partial charge >= 0.3 is 0 Å². The molecule has 1 saturated heterocycles. The van der Waals surface area contributed by atoms with E-state index >= 15 is 0 Å². The minimum Gasteiger partial charge on any atom is -0.339 e. The van der Waals surface area contributed by atoms with E-state index in [0.29, 0.717) is 31.3 Å². The first-order valence-corrected chi connectivity index (χ1v) is 9.38. The van der Waals surface area contributed by atoms with Crippen LogP contribution in [0.4, 0.5) is 0 Å². The molecule has 4 rings (SSSR count). The lowest BCUT2D eigenvalue weighted by Gasteiger charge is -2.30. The molecule has 1 aliphatic heterocycles. The molecule has 3 heterocycles. The first kappa shape index (κ1) is 14.8. The van der Waals surface area contributed by atoms with Gasteiger partial charge in [0.1, 0.15) is 0 Å². The first-order chi connectivity index (χ1) is 11.1. The van der Waals surface area contributed by atoms with Gasteiger partial charge in [-0.3, -0.25) is 0 Å². The van der Waals surface area contributed by atoms with E-state index in [-0.39, 0.29) is 10.9 Å². The highest BCUT2D eigenvalue weighted by molar-refractivity contribution is 7.89. The van der Waals surface area contributed by atoms with Gasteiger partial charge in [0, 0.05) is 25.4 Å². The molecule has 2 aromatic rings. The third-order valence-electron chi connectivity index (χ3n) is 4.46. The zero-order chi connectivity index (χ0) is 15.9. The maximum absolute atomic E-state index is 12.6. The molecule has 0 spiro atoms. The van der Waals surface area contributed by atoms with Crippen LogP contribution in [0.1, 0.15) is 43.3 Å². The molecular weight excluding hydrogens is 318 g/mol. The summed E-state index contributed by atoms with van der Waals surface area (Å²) in [5.74, 6) is 2.10. The van der Waals surface area contributed by atoms with Gasteiger partial charge in [-0.15, -0.1) is 0 Å². The molecule has 1 saturated carbocycles. The standard InChI is InChI=1S/C14H19N5O3S/c20-23(21,13-7-15-9-16-13)19-5-1-2-10(8-19)6-12-17-14(18-22-12)11-3-4-11/h7,9-11H,1-6,8H2,(H,15,16). The number of hydrogen-bond acceptors (Lipinski definition) is 6. The summed E-state index contributed by atoms with van der Waals surface area (Å²) < 4.78 is 31.9. The molecule has 0 bridgehead atoms. The van der Waals surface area contributed by atoms with Crippen LogP contribution in [-0.2, 0) is 16.4 Å². The molecule has 0 aromatic carbocycles. The SMILES string of the molecule is O=S(=O)(c1cnc[nH]1)N1CCCC(Cc2nc(C3CC3)no2)C1. The van der Waals surface area contributed by atoms with Crippen molar-refractivity contribution in [2.45, 2.75) is 43.0 Å². The summed E-state index contributed by atoms with van der Waals surface area (Å²) >= 11 is 0. The molecule has 23 heavy (non-hydrogen) atoms. The molecule has 9 heteroatoms. The second-order valence-electron chi connectivity index (χ2n) is 6.31. The van der Waals surface area contributed by atoms with Gasteiger partial charge in [0.2, 0.25) is 5.89 Å². The van der Waals surface area contributed by atoms with E-state index in [1.54, 1.807) is 0 Å². The number of aromatic nitrogens is 4. The Kier molecular flexibility index (Phi) is 3.68. The molecule has 2 aliphatic rings. The molecule has 1 aliphatic carbocycles. The Bertz CT molecular complexity index is 766. The van der Waals surface area contributed by atoms with Crippen molar-refractivity contribution in [2.24, 2.45) is 5.92 Å². The lowest BCUT2D eigenvalue weighted by Crippen LogP contribution is -2.40. The summed E-state index contributed by atoms with van der Waals surface area (Å²) in [4.78, 5) is 10.9. The second kappa shape index (κ2) is 5.72. The maximum Gasteiger partial charge on any atom is 0.260 e. The van der Waals surface area contributed by atoms with Gasteiger partial charge in [-0.2, -0.15) is 9.29 Å². The van der Waals surface area contributed by atoms with Crippen LogP contribution in [0, 0.1) is 5.92 Å². The van der Waals surface area contributed by atoms with Crippen LogP contribution < -0.4 is 0 Å². The molecule has 2 aromatic heterocycles. The van der Waals surface area contributed by atoms with E-state index in [2.05, 4.69) is 20.1 Å². The number of H-pyrrole nitrogens is 1. The summed E-state index contributed by atoms with van der Waals surface area (Å²) in [6.45, 7) is 1.01. The van der Waals surface area contributed by atoms with E-state index in [1.165, 1.54) is 16.8 Å². The lowest BCUT2D eigenvalue weighted by atomic mass is 9.96. The predicted octanol–water partition coefficient (Wildman–Crippen LogP) is 1.31. The Hall–Kier alpha value is -1.74. The molecule has 1 N–H and O–H groups in total. The molecular formula is C14H19N5O3S. The van der Waals surface area contributed by atoms with Crippen molar-refractivity contribution < 1.29 is 12.9 Å². The molecule has 1 unspecified atom stereocenters. The minimum absolute atomic E-state index is 0.145. The Morgan fingerprint density at radius 2 is 2.22 bits per heavy atom. The van der Waals surface area contributed by atoms with Crippen molar-refractivity contribution in [2.75, 3.05) is 13.1 Å². The number of aromatic amines is 1. The van der Waals surface area contributed by atoms with Crippen LogP contribution in [0.5, 0.6) is 0 Å². The number of nitrogens with one attached hydrogen (secondary N) is 1. The van der Waals surface area contributed by atoms with Crippen molar-refractivity contribution in [3.63, 3.8) is 0 Å². The summed E-state index contributed by atoms with van der Waals surface area (Å²) in [6, 6.07) is 0. The average molecular weight is 337 g/mol. The highest BCUT2D eigenvalue weighted by Gasteiger charge is 2.33. The molecule has 1 atom stereocenters. The lowest BCUT2D eigenvalue weighted by molar-refractivity contribution is 0.246. The van der Waals surface area contributed by atoms with Crippen LogP contribution in [-0.4, -0.2) is 45.9 Å². The van der Waals surface area contributed by atoms with Gasteiger partial charge in [0.25, 0.3) is 10.0 Å². The van der Waals surface area contributed by atoms with E-state index in [1.807, 2.05) is 0 Å². The van der Waals surface area contributed by atoms with E-state index in [9.17, 15) is 8.42 Å².